The van der Waals surface area contributed by atoms with Crippen molar-refractivity contribution in [3.63, 3.8) is 0 Å². The third-order valence-electron chi connectivity index (χ3n) is 3.02. The molecule has 0 radical (unpaired) electrons. The van der Waals surface area contributed by atoms with E-state index >= 15 is 0 Å². The van der Waals surface area contributed by atoms with Crippen LogP contribution >= 0.6 is 0 Å². The topological polar surface area (TPSA) is 26.3 Å². The quantitative estimate of drug-likeness (QED) is 0.721. The second kappa shape index (κ2) is 6.90. The molecule has 0 saturated heterocycles. The molecule has 0 fully saturated rings. The van der Waals surface area contributed by atoms with E-state index in [1.807, 2.05) is 54.6 Å². The molecule has 0 atom stereocenters. The van der Waals surface area contributed by atoms with Gasteiger partial charge in [-0.15, -0.1) is 0 Å². The van der Waals surface area contributed by atoms with Gasteiger partial charge in [0, 0.05) is 12.0 Å². The first-order valence-corrected chi connectivity index (χ1v) is 6.95. The van der Waals surface area contributed by atoms with Gasteiger partial charge in [-0.2, -0.15) is 0 Å². The number of ketones is 1. The summed E-state index contributed by atoms with van der Waals surface area (Å²) in [4.78, 5) is 11.9. The van der Waals surface area contributed by atoms with Crippen LogP contribution in [0.5, 0.6) is 5.75 Å². The third kappa shape index (κ3) is 4.23. The largest absolute Gasteiger partial charge is 0.489 e. The Kier molecular flexibility index (Phi) is 4.94. The molecule has 2 heteroatoms. The number of rotatable bonds is 6. The SMILES string of the molecule is CC(C)CC(=O)c1ccc(OCc2ccccc2)cc1. The molecule has 2 nitrogen and oxygen atoms in total. The van der Waals surface area contributed by atoms with E-state index in [-0.39, 0.29) is 5.78 Å². The van der Waals surface area contributed by atoms with Gasteiger partial charge in [-0.3, -0.25) is 4.79 Å². The Labute approximate surface area is 120 Å². The van der Waals surface area contributed by atoms with Gasteiger partial charge >= 0.3 is 0 Å². The molecule has 0 bridgehead atoms. The highest BCUT2D eigenvalue weighted by Gasteiger charge is 2.08. The highest BCUT2D eigenvalue weighted by Crippen LogP contribution is 2.16. The average molecular weight is 268 g/mol. The molecule has 0 aliphatic carbocycles. The van der Waals surface area contributed by atoms with Crippen molar-refractivity contribution in [1.29, 1.82) is 0 Å². The summed E-state index contributed by atoms with van der Waals surface area (Å²) in [5.74, 6) is 1.36. The minimum Gasteiger partial charge on any atom is -0.489 e. The highest BCUT2D eigenvalue weighted by atomic mass is 16.5. The second-order valence-electron chi connectivity index (χ2n) is 5.32. The number of ether oxygens (including phenoxy) is 1. The number of hydrogen-bond acceptors (Lipinski definition) is 2. The van der Waals surface area contributed by atoms with E-state index in [2.05, 4.69) is 13.8 Å². The molecule has 104 valence electrons. The number of Topliss-reactive ketones (excluding diaryl/α,β-unsaturated/α-hetero) is 1. The Morgan fingerprint density at radius 2 is 1.65 bits per heavy atom. The van der Waals surface area contributed by atoms with Gasteiger partial charge in [0.05, 0.1) is 0 Å². The molecule has 0 unspecified atom stereocenters. The number of hydrogen-bond donors (Lipinski definition) is 0. The van der Waals surface area contributed by atoms with Crippen molar-refractivity contribution in [2.45, 2.75) is 26.9 Å². The van der Waals surface area contributed by atoms with Crippen LogP contribution in [0.3, 0.4) is 0 Å². The van der Waals surface area contributed by atoms with Gasteiger partial charge in [-0.25, -0.2) is 0 Å². The summed E-state index contributed by atoms with van der Waals surface area (Å²) in [5, 5.41) is 0. The lowest BCUT2D eigenvalue weighted by Crippen LogP contribution is -2.03. The Balaban J connectivity index is 1.93. The first-order chi connectivity index (χ1) is 9.65. The molecule has 0 heterocycles. The molecule has 0 aliphatic heterocycles. The molecule has 0 aromatic heterocycles. The summed E-state index contributed by atoms with van der Waals surface area (Å²) in [6, 6.07) is 17.4. The molecular formula is C18H20O2. The maximum absolute atomic E-state index is 11.9. The van der Waals surface area contributed by atoms with Crippen molar-refractivity contribution in [1.82, 2.24) is 0 Å². The monoisotopic (exact) mass is 268 g/mol. The number of carbonyl (C=O) groups excluding carboxylic acids is 1. The van der Waals surface area contributed by atoms with Gasteiger partial charge in [0.15, 0.2) is 5.78 Å². The second-order valence-corrected chi connectivity index (χ2v) is 5.32. The van der Waals surface area contributed by atoms with Crippen LogP contribution in [-0.4, -0.2) is 5.78 Å². The van der Waals surface area contributed by atoms with E-state index in [1.54, 1.807) is 0 Å². The lowest BCUT2D eigenvalue weighted by Gasteiger charge is -2.08. The maximum atomic E-state index is 11.9. The van der Waals surface area contributed by atoms with Crippen LogP contribution in [0, 0.1) is 5.92 Å². The van der Waals surface area contributed by atoms with Crippen LogP contribution in [0.15, 0.2) is 54.6 Å². The zero-order valence-electron chi connectivity index (χ0n) is 12.0. The van der Waals surface area contributed by atoms with Crippen molar-refractivity contribution in [2.75, 3.05) is 0 Å². The van der Waals surface area contributed by atoms with Crippen LogP contribution in [0.1, 0.15) is 36.2 Å². The average Bonchev–Trinajstić information content (AvgIpc) is 2.46. The molecular weight excluding hydrogens is 248 g/mol. The van der Waals surface area contributed by atoms with Crippen molar-refractivity contribution in [3.05, 3.63) is 65.7 Å². The van der Waals surface area contributed by atoms with E-state index in [1.165, 1.54) is 0 Å². The Hall–Kier alpha value is -2.09. The van der Waals surface area contributed by atoms with Crippen molar-refractivity contribution < 1.29 is 9.53 Å². The first-order valence-electron chi connectivity index (χ1n) is 6.95. The zero-order chi connectivity index (χ0) is 14.4. The normalized spacial score (nSPS) is 10.6. The summed E-state index contributed by atoms with van der Waals surface area (Å²) in [6.07, 6.45) is 0.588. The van der Waals surface area contributed by atoms with Crippen LogP contribution in [-0.2, 0) is 6.61 Å². The minimum atomic E-state index is 0.189. The van der Waals surface area contributed by atoms with Crippen molar-refractivity contribution in [3.8, 4) is 5.75 Å². The predicted octanol–water partition coefficient (Wildman–Crippen LogP) is 4.49. The first kappa shape index (κ1) is 14.3. The Morgan fingerprint density at radius 3 is 2.25 bits per heavy atom. The summed E-state index contributed by atoms with van der Waals surface area (Å²) in [7, 11) is 0. The predicted molar refractivity (Wildman–Crippen MR) is 81.0 cm³/mol. The molecule has 2 rings (SSSR count). The van der Waals surface area contributed by atoms with Crippen molar-refractivity contribution >= 4 is 5.78 Å². The van der Waals surface area contributed by atoms with Gasteiger partial charge in [0.1, 0.15) is 12.4 Å². The summed E-state index contributed by atoms with van der Waals surface area (Å²) >= 11 is 0. The van der Waals surface area contributed by atoms with Crippen LogP contribution in [0.4, 0.5) is 0 Å². The third-order valence-corrected chi connectivity index (χ3v) is 3.02. The van der Waals surface area contributed by atoms with E-state index in [4.69, 9.17) is 4.74 Å². The fraction of sp³-hybridized carbons (Fsp3) is 0.278. The number of carbonyl (C=O) groups is 1. The standard InChI is InChI=1S/C18H20O2/c1-14(2)12-18(19)16-8-10-17(11-9-16)20-13-15-6-4-3-5-7-15/h3-11,14H,12-13H2,1-2H3. The fourth-order valence-electron chi connectivity index (χ4n) is 1.97. The van der Waals surface area contributed by atoms with Gasteiger partial charge in [-0.1, -0.05) is 44.2 Å². The van der Waals surface area contributed by atoms with E-state index in [9.17, 15) is 4.79 Å². The van der Waals surface area contributed by atoms with Crippen molar-refractivity contribution in [2.24, 2.45) is 5.92 Å². The molecule has 2 aromatic rings. The van der Waals surface area contributed by atoms with E-state index in [0.29, 0.717) is 18.9 Å². The van der Waals surface area contributed by atoms with Crippen LogP contribution in [0.25, 0.3) is 0 Å². The zero-order valence-corrected chi connectivity index (χ0v) is 12.0. The van der Waals surface area contributed by atoms with E-state index in [0.717, 1.165) is 16.9 Å². The summed E-state index contributed by atoms with van der Waals surface area (Å²) in [6.45, 7) is 4.64. The maximum Gasteiger partial charge on any atom is 0.163 e. The lowest BCUT2D eigenvalue weighted by molar-refractivity contribution is 0.0968. The minimum absolute atomic E-state index is 0.189. The fourth-order valence-corrected chi connectivity index (χ4v) is 1.97. The molecule has 0 amide bonds. The molecule has 0 N–H and O–H groups in total. The molecule has 2 aromatic carbocycles. The van der Waals surface area contributed by atoms with Gasteiger partial charge < -0.3 is 4.74 Å². The smallest absolute Gasteiger partial charge is 0.163 e. The molecule has 0 spiro atoms. The van der Waals surface area contributed by atoms with Crippen LogP contribution < -0.4 is 4.74 Å². The summed E-state index contributed by atoms with van der Waals surface area (Å²) in [5.41, 5.74) is 1.89. The Bertz CT molecular complexity index is 541. The lowest BCUT2D eigenvalue weighted by atomic mass is 10.0. The van der Waals surface area contributed by atoms with Crippen LogP contribution in [0.2, 0.25) is 0 Å². The van der Waals surface area contributed by atoms with Gasteiger partial charge in [0.2, 0.25) is 0 Å². The molecule has 0 saturated carbocycles. The highest BCUT2D eigenvalue weighted by molar-refractivity contribution is 5.96. The van der Waals surface area contributed by atoms with Gasteiger partial charge in [-0.05, 0) is 35.7 Å². The number of benzene rings is 2. The Morgan fingerprint density at radius 1 is 1.00 bits per heavy atom. The van der Waals surface area contributed by atoms with E-state index < -0.39 is 0 Å². The van der Waals surface area contributed by atoms with Gasteiger partial charge in [0.25, 0.3) is 0 Å². The summed E-state index contributed by atoms with van der Waals surface area (Å²) < 4.78 is 5.70. The molecule has 20 heavy (non-hydrogen) atoms. The molecule has 0 aliphatic rings.